The number of anilines is 6. The van der Waals surface area contributed by atoms with E-state index in [9.17, 15) is 32.3 Å². The SMILES string of the molecule is CN(C)C1CCN(C(=O)c2ccc(NC(=O)Nc3ccc(-c4nc(N5CCOCC5)nc(N5CCN(C(=O)C(C)(C)COC(C)(C)CCONC(=O)c6ccc(F)c(F)c6Nc6ccc(I)cc6F)CC5)n4)cc3)cc2)CC1. The van der Waals surface area contributed by atoms with Crippen LogP contribution in [0.25, 0.3) is 11.4 Å². The van der Waals surface area contributed by atoms with E-state index in [1.807, 2.05) is 72.2 Å². The molecule has 4 N–H and O–H groups in total. The standard InChI is InChI=1S/C55H66F3IN12O7/c1-54(2,34-77-55(3,4)21-30-78-66-48(72)41-16-17-42(56)45(58)46(41)62-44-18-11-37(59)33-43(44)57)50(74)69-24-26-70(27-25-69)51-63-47(64-52(65-51)71-28-31-76-32-29-71)35-7-12-38(13-8-35)60-53(75)61-39-14-9-36(10-15-39)49(73)68-22-19-40(20-23-68)67(5)6/h7-18,33,40,62H,19-32,34H2,1-6H3,(H,66,72)(H2,60,61,75). The number of carbonyl (C=O) groups excluding carboxylic acids is 4. The molecule has 23 heteroatoms. The van der Waals surface area contributed by atoms with E-state index in [-0.39, 0.29) is 42.7 Å². The molecular weight excluding hydrogens is 1120 g/mol. The fraction of sp³-hybridized carbons (Fsp3) is 0.436. The Labute approximate surface area is 465 Å². The lowest BCUT2D eigenvalue weighted by atomic mass is 9.91. The first-order valence-electron chi connectivity index (χ1n) is 25.9. The van der Waals surface area contributed by atoms with Crippen LogP contribution in [0.15, 0.2) is 78.9 Å². The van der Waals surface area contributed by atoms with Crippen LogP contribution in [0.3, 0.4) is 0 Å². The number of hydrogen-bond acceptors (Lipinski definition) is 14. The van der Waals surface area contributed by atoms with Crippen molar-refractivity contribution in [2.45, 2.75) is 58.6 Å². The summed E-state index contributed by atoms with van der Waals surface area (Å²) in [5.74, 6) is -2.86. The summed E-state index contributed by atoms with van der Waals surface area (Å²) in [7, 11) is 4.13. The number of ether oxygens (including phenoxy) is 2. The van der Waals surface area contributed by atoms with E-state index < -0.39 is 46.1 Å². The van der Waals surface area contributed by atoms with Crippen LogP contribution in [0.2, 0.25) is 0 Å². The van der Waals surface area contributed by atoms with Gasteiger partial charge in [-0.25, -0.2) is 23.4 Å². The van der Waals surface area contributed by atoms with Gasteiger partial charge in [0.15, 0.2) is 17.5 Å². The van der Waals surface area contributed by atoms with E-state index in [2.05, 4.69) is 45.3 Å². The fourth-order valence-electron chi connectivity index (χ4n) is 9.09. The number of urea groups is 1. The van der Waals surface area contributed by atoms with E-state index >= 15 is 0 Å². The number of piperidine rings is 1. The number of amides is 5. The fourth-order valence-corrected chi connectivity index (χ4v) is 9.55. The zero-order chi connectivity index (χ0) is 55.7. The van der Waals surface area contributed by atoms with Gasteiger partial charge >= 0.3 is 6.03 Å². The van der Waals surface area contributed by atoms with E-state index in [0.29, 0.717) is 115 Å². The lowest BCUT2D eigenvalue weighted by molar-refractivity contribution is -0.149. The van der Waals surface area contributed by atoms with Crippen LogP contribution in [-0.4, -0.2) is 158 Å². The number of carbonyl (C=O) groups is 4. The summed E-state index contributed by atoms with van der Waals surface area (Å²) in [6.45, 7) is 12.8. The van der Waals surface area contributed by atoms with Crippen LogP contribution in [0.1, 0.15) is 67.7 Å². The number of halogens is 4. The minimum atomic E-state index is -1.36. The first-order chi connectivity index (χ1) is 37.2. The van der Waals surface area contributed by atoms with Crippen LogP contribution >= 0.6 is 22.6 Å². The Morgan fingerprint density at radius 2 is 1.36 bits per heavy atom. The number of rotatable bonds is 18. The second-order valence-corrected chi connectivity index (χ2v) is 22.1. The van der Waals surface area contributed by atoms with Crippen molar-refractivity contribution in [1.29, 1.82) is 0 Å². The van der Waals surface area contributed by atoms with Crippen molar-refractivity contribution < 1.29 is 46.7 Å². The predicted octanol–water partition coefficient (Wildman–Crippen LogP) is 8.17. The molecule has 0 radical (unpaired) electrons. The molecule has 3 aliphatic heterocycles. The normalized spacial score (nSPS) is 15.6. The van der Waals surface area contributed by atoms with Crippen molar-refractivity contribution in [1.82, 2.24) is 35.1 Å². The molecule has 3 fully saturated rings. The average Bonchev–Trinajstić information content (AvgIpc) is 3.44. The molecule has 5 amide bonds. The molecule has 0 atom stereocenters. The van der Waals surface area contributed by atoms with Gasteiger partial charge in [0.25, 0.3) is 11.8 Å². The number of likely N-dealkylation sites (tertiary alicyclic amines) is 1. The van der Waals surface area contributed by atoms with Crippen LogP contribution < -0.4 is 31.2 Å². The number of piperazine rings is 1. The molecule has 8 rings (SSSR count). The number of hydroxylamine groups is 1. The number of nitrogens with zero attached hydrogens (tertiary/aromatic N) is 8. The molecule has 19 nitrogen and oxygen atoms in total. The second kappa shape index (κ2) is 25.4. The van der Waals surface area contributed by atoms with Crippen molar-refractivity contribution in [2.75, 3.05) is 119 Å². The van der Waals surface area contributed by atoms with Crippen LogP contribution in [0.4, 0.5) is 52.6 Å². The minimum Gasteiger partial charge on any atom is -0.378 e. The summed E-state index contributed by atoms with van der Waals surface area (Å²) in [6.07, 6.45) is 2.15. The number of hydrogen-bond donors (Lipinski definition) is 4. The third kappa shape index (κ3) is 14.7. The van der Waals surface area contributed by atoms with Crippen molar-refractivity contribution >= 4 is 81.0 Å². The van der Waals surface area contributed by atoms with Crippen LogP contribution in [0.5, 0.6) is 0 Å². The van der Waals surface area contributed by atoms with Crippen molar-refractivity contribution in [3.8, 4) is 11.4 Å². The maximum Gasteiger partial charge on any atom is 0.323 e. The monoisotopic (exact) mass is 1190 g/mol. The van der Waals surface area contributed by atoms with E-state index in [4.69, 9.17) is 29.3 Å². The molecule has 0 saturated carbocycles. The number of morpholine rings is 1. The van der Waals surface area contributed by atoms with Crippen molar-refractivity contribution in [3.63, 3.8) is 0 Å². The quantitative estimate of drug-likeness (QED) is 0.0372. The largest absolute Gasteiger partial charge is 0.378 e. The van der Waals surface area contributed by atoms with E-state index in [1.165, 1.54) is 12.1 Å². The Morgan fingerprint density at radius 1 is 0.744 bits per heavy atom. The Bertz CT molecular complexity index is 2930. The lowest BCUT2D eigenvalue weighted by Crippen LogP contribution is -2.53. The zero-order valence-electron chi connectivity index (χ0n) is 44.6. The molecule has 3 saturated heterocycles. The number of benzene rings is 4. The van der Waals surface area contributed by atoms with Crippen LogP contribution in [-0.2, 0) is 19.1 Å². The molecule has 1 aromatic heterocycles. The maximum atomic E-state index is 14.9. The molecular formula is C55H66F3IN12O7. The van der Waals surface area contributed by atoms with Gasteiger partial charge in [-0.1, -0.05) is 0 Å². The number of nitrogens with one attached hydrogen (secondary N) is 4. The van der Waals surface area contributed by atoms with Gasteiger partial charge in [-0.15, -0.1) is 0 Å². The molecule has 0 spiro atoms. The third-order valence-electron chi connectivity index (χ3n) is 13.9. The highest BCUT2D eigenvalue weighted by molar-refractivity contribution is 14.1. The molecule has 0 aliphatic carbocycles. The molecule has 5 aromatic rings. The van der Waals surface area contributed by atoms with Gasteiger partial charge in [0, 0.05) is 90.9 Å². The van der Waals surface area contributed by atoms with Crippen molar-refractivity contribution in [2.24, 2.45) is 5.41 Å². The summed E-state index contributed by atoms with van der Waals surface area (Å²) < 4.78 is 56.2. The summed E-state index contributed by atoms with van der Waals surface area (Å²) in [5, 5.41) is 8.20. The van der Waals surface area contributed by atoms with Crippen LogP contribution in [0, 0.1) is 26.4 Å². The zero-order valence-corrected chi connectivity index (χ0v) is 46.8. The molecule has 416 valence electrons. The molecule has 0 bridgehead atoms. The summed E-state index contributed by atoms with van der Waals surface area (Å²) in [4.78, 5) is 83.4. The summed E-state index contributed by atoms with van der Waals surface area (Å²) in [6, 6.07) is 20.1. The second-order valence-electron chi connectivity index (χ2n) is 20.9. The third-order valence-corrected chi connectivity index (χ3v) is 14.6. The molecule has 0 unspecified atom stereocenters. The molecule has 4 heterocycles. The van der Waals surface area contributed by atoms with E-state index in [1.54, 1.807) is 47.4 Å². The van der Waals surface area contributed by atoms with Gasteiger partial charge in [-0.2, -0.15) is 15.0 Å². The Morgan fingerprint density at radius 3 is 1.97 bits per heavy atom. The minimum absolute atomic E-state index is 0.0162. The maximum absolute atomic E-state index is 14.9. The topological polar surface area (TPSA) is 199 Å². The summed E-state index contributed by atoms with van der Waals surface area (Å²) in [5.41, 5.74) is 1.91. The smallest absolute Gasteiger partial charge is 0.323 e. The summed E-state index contributed by atoms with van der Waals surface area (Å²) >= 11 is 1.91. The predicted molar refractivity (Wildman–Crippen MR) is 299 cm³/mol. The lowest BCUT2D eigenvalue weighted by Gasteiger charge is -2.39. The molecule has 3 aliphatic rings. The first-order valence-corrected chi connectivity index (χ1v) is 26.9. The van der Waals surface area contributed by atoms with Gasteiger partial charge in [0.2, 0.25) is 17.8 Å². The highest BCUT2D eigenvalue weighted by Gasteiger charge is 2.37. The first kappa shape index (κ1) is 57.5. The highest BCUT2D eigenvalue weighted by Crippen LogP contribution is 2.31. The van der Waals surface area contributed by atoms with E-state index in [0.717, 1.165) is 25.0 Å². The molecule has 78 heavy (non-hydrogen) atoms. The average molecular weight is 1190 g/mol. The Kier molecular flexibility index (Phi) is 18.7. The van der Waals surface area contributed by atoms with Gasteiger partial charge in [0.1, 0.15) is 5.82 Å². The Hall–Kier alpha value is -6.67. The van der Waals surface area contributed by atoms with Crippen molar-refractivity contribution in [3.05, 3.63) is 111 Å². The number of aromatic nitrogens is 3. The van der Waals surface area contributed by atoms with Gasteiger partial charge in [-0.05, 0) is 156 Å². The van der Waals surface area contributed by atoms with Gasteiger partial charge < -0.3 is 49.9 Å². The Balaban J connectivity index is 0.818. The highest BCUT2D eigenvalue weighted by atomic mass is 127. The molecule has 4 aromatic carbocycles. The van der Waals surface area contributed by atoms with Gasteiger partial charge in [0.05, 0.1) is 54.4 Å². The van der Waals surface area contributed by atoms with Gasteiger partial charge in [-0.3, -0.25) is 19.2 Å².